The Morgan fingerprint density at radius 2 is 1.96 bits per heavy atom. The Labute approximate surface area is 155 Å². The topological polar surface area (TPSA) is 117 Å². The van der Waals surface area contributed by atoms with E-state index in [4.69, 9.17) is 4.52 Å². The van der Waals surface area contributed by atoms with Gasteiger partial charge < -0.3 is 9.84 Å². The second-order valence-electron chi connectivity index (χ2n) is 6.70. The summed E-state index contributed by atoms with van der Waals surface area (Å²) in [5, 5.41) is 8.89. The molecule has 0 bridgehead atoms. The van der Waals surface area contributed by atoms with Crippen LogP contribution in [0.2, 0.25) is 0 Å². The molecule has 0 unspecified atom stereocenters. The molecule has 0 spiro atoms. The van der Waals surface area contributed by atoms with Crippen LogP contribution in [0.4, 0.5) is 10.5 Å². The van der Waals surface area contributed by atoms with E-state index in [9.17, 15) is 14.4 Å². The summed E-state index contributed by atoms with van der Waals surface area (Å²) in [5.74, 6) is 0.812. The average molecular weight is 369 g/mol. The third kappa shape index (κ3) is 3.67. The number of imide groups is 1. The van der Waals surface area contributed by atoms with Crippen LogP contribution in [0.25, 0.3) is 0 Å². The molecule has 1 saturated heterocycles. The lowest BCUT2D eigenvalue weighted by Gasteiger charge is -2.13. The van der Waals surface area contributed by atoms with Gasteiger partial charge in [0.1, 0.15) is 6.54 Å². The Bertz CT molecular complexity index is 870. The fourth-order valence-electron chi connectivity index (χ4n) is 3.38. The van der Waals surface area contributed by atoms with Crippen LogP contribution < -0.4 is 15.5 Å². The van der Waals surface area contributed by atoms with Crippen LogP contribution in [0.15, 0.2) is 28.8 Å². The lowest BCUT2D eigenvalue weighted by atomic mass is 10.1. The average Bonchev–Trinajstić information content (AvgIpc) is 3.40. The Morgan fingerprint density at radius 3 is 2.63 bits per heavy atom. The summed E-state index contributed by atoms with van der Waals surface area (Å²) in [6.45, 7) is 0.158. The largest absolute Gasteiger partial charge is 0.345 e. The number of anilines is 1. The molecule has 1 saturated carbocycles. The van der Waals surface area contributed by atoms with Crippen molar-refractivity contribution in [3.63, 3.8) is 0 Å². The lowest BCUT2D eigenvalue weighted by Crippen LogP contribution is -2.28. The third-order valence-electron chi connectivity index (χ3n) is 4.83. The number of nitrogens with zero attached hydrogens (tertiary/aromatic N) is 3. The molecule has 1 aromatic heterocycles. The molecule has 2 heterocycles. The predicted molar refractivity (Wildman–Crippen MR) is 94.0 cm³/mol. The van der Waals surface area contributed by atoms with Gasteiger partial charge in [0.15, 0.2) is 5.82 Å². The van der Waals surface area contributed by atoms with Crippen molar-refractivity contribution in [2.24, 2.45) is 0 Å². The highest BCUT2D eigenvalue weighted by molar-refractivity contribution is 6.12. The maximum absolute atomic E-state index is 12.3. The van der Waals surface area contributed by atoms with E-state index < -0.39 is 6.03 Å². The molecule has 0 radical (unpaired) electrons. The minimum Gasteiger partial charge on any atom is -0.345 e. The van der Waals surface area contributed by atoms with Crippen LogP contribution in [0.1, 0.15) is 53.7 Å². The lowest BCUT2D eigenvalue weighted by molar-refractivity contribution is -0.117. The molecule has 2 fully saturated rings. The number of rotatable bonds is 5. The van der Waals surface area contributed by atoms with E-state index in [1.54, 1.807) is 24.3 Å². The van der Waals surface area contributed by atoms with E-state index in [1.807, 2.05) is 0 Å². The number of carbonyl (C=O) groups excluding carboxylic acids is 3. The summed E-state index contributed by atoms with van der Waals surface area (Å²) < 4.78 is 5.29. The highest BCUT2D eigenvalue weighted by atomic mass is 16.5. The summed E-state index contributed by atoms with van der Waals surface area (Å²) >= 11 is 0. The molecule has 2 N–H and O–H groups in total. The van der Waals surface area contributed by atoms with Gasteiger partial charge in [0.25, 0.3) is 5.91 Å². The Balaban J connectivity index is 1.34. The normalized spacial score (nSPS) is 17.4. The van der Waals surface area contributed by atoms with Crippen LogP contribution in [0.5, 0.6) is 0 Å². The van der Waals surface area contributed by atoms with Crippen LogP contribution in [0.3, 0.4) is 0 Å². The third-order valence-corrected chi connectivity index (χ3v) is 4.83. The van der Waals surface area contributed by atoms with Gasteiger partial charge in [0, 0.05) is 17.2 Å². The van der Waals surface area contributed by atoms with Crippen molar-refractivity contribution < 1.29 is 18.9 Å². The van der Waals surface area contributed by atoms with Gasteiger partial charge in [-0.25, -0.2) is 4.79 Å². The fraction of sp³-hybridized carbons (Fsp3) is 0.389. The molecule has 9 heteroatoms. The van der Waals surface area contributed by atoms with Crippen molar-refractivity contribution in [3.05, 3.63) is 41.5 Å². The van der Waals surface area contributed by atoms with Gasteiger partial charge >= 0.3 is 6.03 Å². The zero-order chi connectivity index (χ0) is 18.8. The van der Waals surface area contributed by atoms with Crippen molar-refractivity contribution in [1.82, 2.24) is 20.8 Å². The molecule has 1 aliphatic carbocycles. The summed E-state index contributed by atoms with van der Waals surface area (Å²) in [6, 6.07) is 5.98. The molecule has 2 aliphatic rings. The molecule has 1 aromatic carbocycles. The van der Waals surface area contributed by atoms with E-state index in [0.717, 1.165) is 12.8 Å². The Hall–Kier alpha value is -3.23. The molecule has 140 valence electrons. The smallest absolute Gasteiger partial charge is 0.329 e. The summed E-state index contributed by atoms with van der Waals surface area (Å²) in [6.07, 6.45) is 4.51. The minimum atomic E-state index is -0.465. The van der Waals surface area contributed by atoms with E-state index >= 15 is 0 Å². The Morgan fingerprint density at radius 1 is 1.22 bits per heavy atom. The molecular formula is C18H19N5O4. The first-order valence-electron chi connectivity index (χ1n) is 8.92. The molecule has 0 atom stereocenters. The molecule has 9 nitrogen and oxygen atoms in total. The Kier molecular flexibility index (Phi) is 4.57. The van der Waals surface area contributed by atoms with Gasteiger partial charge in [-0.05, 0) is 37.1 Å². The van der Waals surface area contributed by atoms with Gasteiger partial charge in [-0.1, -0.05) is 18.0 Å². The number of hydrogen-bond donors (Lipinski definition) is 2. The van der Waals surface area contributed by atoms with Gasteiger partial charge in [0.2, 0.25) is 11.8 Å². The SMILES string of the molecule is O=C1CN(c2ccc(C(=O)NCc3noc(C4CCCC4)n3)cc2)C(=O)N1. The molecule has 4 amide bonds. The summed E-state index contributed by atoms with van der Waals surface area (Å²) in [4.78, 5) is 40.9. The van der Waals surface area contributed by atoms with Crippen molar-refractivity contribution in [2.75, 3.05) is 11.4 Å². The van der Waals surface area contributed by atoms with Gasteiger partial charge in [-0.15, -0.1) is 0 Å². The molecule has 4 rings (SSSR count). The number of hydrogen-bond acceptors (Lipinski definition) is 6. The number of aromatic nitrogens is 2. The highest BCUT2D eigenvalue weighted by Crippen LogP contribution is 2.32. The van der Waals surface area contributed by atoms with Gasteiger partial charge in [-0.3, -0.25) is 19.8 Å². The molecule has 1 aliphatic heterocycles. The number of nitrogens with one attached hydrogen (secondary N) is 2. The molecule has 27 heavy (non-hydrogen) atoms. The summed E-state index contributed by atoms with van der Waals surface area (Å²) in [5.41, 5.74) is 0.985. The number of amides is 4. The van der Waals surface area contributed by atoms with Crippen LogP contribution in [-0.4, -0.2) is 34.5 Å². The second kappa shape index (κ2) is 7.18. The van der Waals surface area contributed by atoms with Gasteiger partial charge in [0.05, 0.1) is 6.54 Å². The van der Waals surface area contributed by atoms with Crippen LogP contribution >= 0.6 is 0 Å². The standard InChI is InChI=1S/C18H19N5O4/c24-15-10-23(18(26)21-15)13-7-5-11(6-8-13)16(25)19-9-14-20-17(27-22-14)12-3-1-2-4-12/h5-8,12H,1-4,9-10H2,(H,19,25)(H,21,24,26). The van der Waals surface area contributed by atoms with Crippen molar-refractivity contribution in [1.29, 1.82) is 0 Å². The predicted octanol–water partition coefficient (Wildman–Crippen LogP) is 1.71. The number of urea groups is 1. The van der Waals surface area contributed by atoms with E-state index in [0.29, 0.717) is 28.9 Å². The fourth-order valence-corrected chi connectivity index (χ4v) is 3.38. The molecule has 2 aromatic rings. The zero-order valence-electron chi connectivity index (χ0n) is 14.6. The van der Waals surface area contributed by atoms with Crippen LogP contribution in [-0.2, 0) is 11.3 Å². The van der Waals surface area contributed by atoms with Gasteiger partial charge in [-0.2, -0.15) is 4.98 Å². The maximum Gasteiger partial charge on any atom is 0.329 e. The number of carbonyl (C=O) groups is 3. The monoisotopic (exact) mass is 369 g/mol. The first-order chi connectivity index (χ1) is 13.1. The summed E-state index contributed by atoms with van der Waals surface area (Å²) in [7, 11) is 0. The maximum atomic E-state index is 12.3. The highest BCUT2D eigenvalue weighted by Gasteiger charge is 2.28. The zero-order valence-corrected chi connectivity index (χ0v) is 14.6. The quantitative estimate of drug-likeness (QED) is 0.775. The van der Waals surface area contributed by atoms with Crippen molar-refractivity contribution in [3.8, 4) is 0 Å². The van der Waals surface area contributed by atoms with E-state index in [2.05, 4.69) is 20.8 Å². The van der Waals surface area contributed by atoms with Crippen molar-refractivity contribution >= 4 is 23.5 Å². The molecular weight excluding hydrogens is 350 g/mol. The first-order valence-corrected chi connectivity index (χ1v) is 8.92. The second-order valence-corrected chi connectivity index (χ2v) is 6.70. The minimum absolute atomic E-state index is 0.0223. The first kappa shape index (κ1) is 17.2. The van der Waals surface area contributed by atoms with Crippen LogP contribution in [0, 0.1) is 0 Å². The van der Waals surface area contributed by atoms with E-state index in [1.165, 1.54) is 17.7 Å². The van der Waals surface area contributed by atoms with E-state index in [-0.39, 0.29) is 24.9 Å². The number of benzene rings is 1. The van der Waals surface area contributed by atoms with Crippen molar-refractivity contribution in [2.45, 2.75) is 38.1 Å².